The molecule has 0 amide bonds. The number of halogens is 2. The van der Waals surface area contributed by atoms with Crippen LogP contribution in [-0.4, -0.2) is 26.1 Å². The van der Waals surface area contributed by atoms with Crippen molar-refractivity contribution in [2.75, 3.05) is 21.2 Å². The lowest BCUT2D eigenvalue weighted by Gasteiger charge is -2.18. The molecule has 1 rings (SSSR count). The Morgan fingerprint density at radius 2 is 2.00 bits per heavy atom. The molecular weight excluding hydrogens is 221 g/mol. The third kappa shape index (κ3) is 2.53. The summed E-state index contributed by atoms with van der Waals surface area (Å²) in [5, 5.41) is 0.581. The summed E-state index contributed by atoms with van der Waals surface area (Å²) in [6.07, 6.45) is 0. The Morgan fingerprint density at radius 1 is 1.36 bits per heavy atom. The van der Waals surface area contributed by atoms with E-state index >= 15 is 0 Å². The molecule has 1 atom stereocenters. The molecule has 0 fully saturated rings. The summed E-state index contributed by atoms with van der Waals surface area (Å²) in [6, 6.07) is 5.54. The first kappa shape index (κ1) is 11.6. The van der Waals surface area contributed by atoms with E-state index in [4.69, 9.17) is 27.9 Å². The molecule has 0 aliphatic carbocycles. The van der Waals surface area contributed by atoms with E-state index in [0.717, 1.165) is 5.56 Å². The molecule has 0 saturated heterocycles. The van der Waals surface area contributed by atoms with E-state index in [1.54, 1.807) is 7.11 Å². The zero-order valence-electron chi connectivity index (χ0n) is 8.42. The van der Waals surface area contributed by atoms with Crippen LogP contribution in [0.1, 0.15) is 11.1 Å². The average molecular weight is 234 g/mol. The van der Waals surface area contributed by atoms with Gasteiger partial charge in [0.2, 0.25) is 0 Å². The van der Waals surface area contributed by atoms with Crippen LogP contribution in [0.4, 0.5) is 0 Å². The van der Waals surface area contributed by atoms with Crippen molar-refractivity contribution < 1.29 is 4.74 Å². The maximum absolute atomic E-state index is 6.14. The normalized spacial score (nSPS) is 13.0. The lowest BCUT2D eigenvalue weighted by molar-refractivity contribution is 0.383. The Kier molecular flexibility index (Phi) is 4.05. The van der Waals surface area contributed by atoms with Crippen LogP contribution < -0.4 is 4.74 Å². The predicted octanol–water partition coefficient (Wildman–Crippen LogP) is 3.15. The van der Waals surface area contributed by atoms with Crippen LogP contribution in [0.15, 0.2) is 18.2 Å². The Bertz CT molecular complexity index is 315. The molecule has 0 aliphatic rings. The zero-order chi connectivity index (χ0) is 10.7. The van der Waals surface area contributed by atoms with Crippen LogP contribution in [-0.2, 0) is 0 Å². The fourth-order valence-corrected chi connectivity index (χ4v) is 1.53. The highest BCUT2D eigenvalue weighted by atomic mass is 35.5. The van der Waals surface area contributed by atoms with E-state index in [0.29, 0.717) is 10.8 Å². The number of nitrogens with zero attached hydrogens (tertiary/aromatic N) is 1. The highest BCUT2D eigenvalue weighted by Crippen LogP contribution is 2.30. The van der Waals surface area contributed by atoms with Crippen molar-refractivity contribution in [3.63, 3.8) is 0 Å². The molecular formula is C10H13Cl2NO. The van der Waals surface area contributed by atoms with Crippen molar-refractivity contribution in [3.8, 4) is 5.75 Å². The smallest absolute Gasteiger partial charge is 0.137 e. The molecule has 1 aromatic carbocycles. The number of benzene rings is 1. The van der Waals surface area contributed by atoms with Gasteiger partial charge in [-0.2, -0.15) is 0 Å². The van der Waals surface area contributed by atoms with Crippen LogP contribution in [0, 0.1) is 0 Å². The monoisotopic (exact) mass is 233 g/mol. The van der Waals surface area contributed by atoms with Gasteiger partial charge in [-0.3, -0.25) is 4.90 Å². The number of hydrogen-bond acceptors (Lipinski definition) is 2. The predicted molar refractivity (Wildman–Crippen MR) is 60.3 cm³/mol. The molecule has 4 heteroatoms. The molecule has 1 aromatic rings. The van der Waals surface area contributed by atoms with Crippen molar-refractivity contribution in [2.45, 2.75) is 5.50 Å². The molecule has 0 heterocycles. The van der Waals surface area contributed by atoms with Gasteiger partial charge in [0.15, 0.2) is 0 Å². The van der Waals surface area contributed by atoms with Crippen LogP contribution in [0.5, 0.6) is 5.75 Å². The van der Waals surface area contributed by atoms with Gasteiger partial charge in [-0.25, -0.2) is 0 Å². The molecule has 1 unspecified atom stereocenters. The van der Waals surface area contributed by atoms with Crippen LogP contribution in [0.3, 0.4) is 0 Å². The van der Waals surface area contributed by atoms with Crippen molar-refractivity contribution in [1.82, 2.24) is 4.90 Å². The largest absolute Gasteiger partial charge is 0.495 e. The van der Waals surface area contributed by atoms with Crippen LogP contribution in [0.25, 0.3) is 0 Å². The quantitative estimate of drug-likeness (QED) is 0.588. The van der Waals surface area contributed by atoms with Crippen molar-refractivity contribution in [1.29, 1.82) is 0 Å². The number of methoxy groups -OCH3 is 1. The third-order valence-corrected chi connectivity index (χ3v) is 2.84. The van der Waals surface area contributed by atoms with Gasteiger partial charge < -0.3 is 4.74 Å². The second kappa shape index (κ2) is 4.87. The number of alkyl halides is 1. The van der Waals surface area contributed by atoms with Crippen LogP contribution >= 0.6 is 23.2 Å². The van der Waals surface area contributed by atoms with Gasteiger partial charge >= 0.3 is 0 Å². The molecule has 0 bridgehead atoms. The maximum atomic E-state index is 6.14. The van der Waals surface area contributed by atoms with Gasteiger partial charge in [0.05, 0.1) is 12.1 Å². The minimum Gasteiger partial charge on any atom is -0.495 e. The van der Waals surface area contributed by atoms with E-state index < -0.39 is 0 Å². The molecule has 2 nitrogen and oxygen atoms in total. The molecule has 78 valence electrons. The number of rotatable bonds is 3. The van der Waals surface area contributed by atoms with Crippen LogP contribution in [0.2, 0.25) is 5.02 Å². The molecule has 0 N–H and O–H groups in total. The van der Waals surface area contributed by atoms with Crippen molar-refractivity contribution in [3.05, 3.63) is 28.8 Å². The Morgan fingerprint density at radius 3 is 2.43 bits per heavy atom. The van der Waals surface area contributed by atoms with Gasteiger partial charge in [0, 0.05) is 0 Å². The van der Waals surface area contributed by atoms with Gasteiger partial charge in [-0.05, 0) is 31.8 Å². The summed E-state index contributed by atoms with van der Waals surface area (Å²) in [5.41, 5.74) is 0.792. The molecule has 0 saturated carbocycles. The first-order valence-electron chi connectivity index (χ1n) is 4.20. The molecule has 0 aliphatic heterocycles. The van der Waals surface area contributed by atoms with Crippen molar-refractivity contribution >= 4 is 23.2 Å². The van der Waals surface area contributed by atoms with Crippen molar-refractivity contribution in [2.24, 2.45) is 0 Å². The van der Waals surface area contributed by atoms with E-state index in [9.17, 15) is 0 Å². The Hall–Kier alpha value is -0.440. The molecule has 14 heavy (non-hydrogen) atoms. The fraction of sp³-hybridized carbons (Fsp3) is 0.400. The standard InChI is InChI=1S/C10H13Cl2NO/c1-13(2)10(12)7-4-5-9(14-3)8(11)6-7/h4-6,10H,1-3H3. The minimum absolute atomic E-state index is 0.168. The third-order valence-electron chi connectivity index (χ3n) is 1.90. The first-order valence-corrected chi connectivity index (χ1v) is 5.01. The second-order valence-electron chi connectivity index (χ2n) is 3.19. The second-order valence-corrected chi connectivity index (χ2v) is 4.01. The van der Waals surface area contributed by atoms with Gasteiger partial charge in [0.1, 0.15) is 11.3 Å². The minimum atomic E-state index is -0.168. The topological polar surface area (TPSA) is 12.5 Å². The number of hydrogen-bond donors (Lipinski definition) is 0. The van der Waals surface area contributed by atoms with E-state index in [1.165, 1.54) is 0 Å². The lowest BCUT2D eigenvalue weighted by atomic mass is 10.2. The lowest BCUT2D eigenvalue weighted by Crippen LogP contribution is -2.14. The molecule has 0 spiro atoms. The van der Waals surface area contributed by atoms with E-state index in [-0.39, 0.29) is 5.50 Å². The summed E-state index contributed by atoms with van der Waals surface area (Å²) >= 11 is 12.1. The Balaban J connectivity index is 2.96. The fourth-order valence-electron chi connectivity index (χ4n) is 1.13. The first-order chi connectivity index (χ1) is 6.56. The van der Waals surface area contributed by atoms with Gasteiger partial charge in [-0.1, -0.05) is 17.7 Å². The number of ether oxygens (including phenoxy) is 1. The summed E-state index contributed by atoms with van der Waals surface area (Å²) in [5.74, 6) is 0.665. The van der Waals surface area contributed by atoms with E-state index in [2.05, 4.69) is 0 Å². The molecule has 0 aromatic heterocycles. The SMILES string of the molecule is COc1ccc(C(Cl)N(C)C)cc1Cl. The molecule has 0 radical (unpaired) electrons. The van der Waals surface area contributed by atoms with Gasteiger partial charge in [0.25, 0.3) is 0 Å². The van der Waals surface area contributed by atoms with E-state index in [1.807, 2.05) is 37.2 Å². The summed E-state index contributed by atoms with van der Waals surface area (Å²) in [7, 11) is 5.41. The van der Waals surface area contributed by atoms with Gasteiger partial charge in [-0.15, -0.1) is 11.6 Å². The summed E-state index contributed by atoms with van der Waals surface area (Å²) < 4.78 is 5.05. The average Bonchev–Trinajstić information content (AvgIpc) is 2.16. The summed E-state index contributed by atoms with van der Waals surface area (Å²) in [4.78, 5) is 1.90. The highest BCUT2D eigenvalue weighted by molar-refractivity contribution is 6.32. The summed E-state index contributed by atoms with van der Waals surface area (Å²) in [6.45, 7) is 0. The highest BCUT2D eigenvalue weighted by Gasteiger charge is 2.11. The zero-order valence-corrected chi connectivity index (χ0v) is 9.93. The maximum Gasteiger partial charge on any atom is 0.137 e. The Labute approximate surface area is 94.4 Å².